The van der Waals surface area contributed by atoms with Crippen molar-refractivity contribution in [1.29, 1.82) is 0 Å². The molecular weight excluding hydrogens is 138 g/mol. The Labute approximate surface area is 55.8 Å². The van der Waals surface area contributed by atoms with Crippen LogP contribution in [0.5, 0.6) is 0 Å². The molecule has 0 heterocycles. The van der Waals surface area contributed by atoms with Gasteiger partial charge in [0.2, 0.25) is 10.0 Å². The van der Waals surface area contributed by atoms with E-state index in [1.807, 2.05) is 0 Å². The zero-order valence-electron chi connectivity index (χ0n) is 5.59. The molecule has 0 amide bonds. The molecule has 0 aliphatic heterocycles. The standard InChI is InChI=1S/C5H11NO2S/c1-4-5(2)6-9(3,7)8/h4-6H,1H2,2-3H3. The van der Waals surface area contributed by atoms with Gasteiger partial charge in [0.15, 0.2) is 0 Å². The molecular formula is C5H11NO2S. The van der Waals surface area contributed by atoms with Crippen LogP contribution in [0.25, 0.3) is 0 Å². The van der Waals surface area contributed by atoms with Crippen molar-refractivity contribution in [2.24, 2.45) is 0 Å². The van der Waals surface area contributed by atoms with Crippen molar-refractivity contribution in [2.45, 2.75) is 13.0 Å². The predicted octanol–water partition coefficient (Wildman–Crippen LogP) is 0.110. The number of nitrogens with one attached hydrogen (secondary N) is 1. The maximum Gasteiger partial charge on any atom is 0.209 e. The normalized spacial score (nSPS) is 14.9. The molecule has 1 atom stereocenters. The van der Waals surface area contributed by atoms with E-state index in [0.717, 1.165) is 6.26 Å². The molecule has 0 radical (unpaired) electrons. The van der Waals surface area contributed by atoms with Crippen molar-refractivity contribution in [3.05, 3.63) is 12.7 Å². The molecule has 0 bridgehead atoms. The Morgan fingerprint density at radius 1 is 1.67 bits per heavy atom. The van der Waals surface area contributed by atoms with Gasteiger partial charge in [-0.15, -0.1) is 6.58 Å². The minimum atomic E-state index is -3.06. The summed E-state index contributed by atoms with van der Waals surface area (Å²) in [5.74, 6) is 0. The Hall–Kier alpha value is -0.350. The number of rotatable bonds is 3. The molecule has 0 rings (SSSR count). The van der Waals surface area contributed by atoms with Crippen molar-refractivity contribution in [2.75, 3.05) is 6.26 Å². The molecule has 1 N–H and O–H groups in total. The van der Waals surface area contributed by atoms with Crippen molar-refractivity contribution < 1.29 is 8.42 Å². The van der Waals surface area contributed by atoms with E-state index < -0.39 is 10.0 Å². The van der Waals surface area contributed by atoms with Gasteiger partial charge in [0, 0.05) is 6.04 Å². The van der Waals surface area contributed by atoms with Crippen LogP contribution in [-0.4, -0.2) is 20.7 Å². The van der Waals surface area contributed by atoms with Gasteiger partial charge in [-0.3, -0.25) is 0 Å². The zero-order chi connectivity index (χ0) is 7.49. The average Bonchev–Trinajstić information content (AvgIpc) is 1.62. The highest BCUT2D eigenvalue weighted by Gasteiger charge is 2.02. The minimum Gasteiger partial charge on any atom is -0.213 e. The Kier molecular flexibility index (Phi) is 2.87. The molecule has 0 aromatic heterocycles. The number of hydrogen-bond acceptors (Lipinski definition) is 2. The molecule has 1 unspecified atom stereocenters. The smallest absolute Gasteiger partial charge is 0.209 e. The molecule has 0 aliphatic rings. The fraction of sp³-hybridized carbons (Fsp3) is 0.600. The first-order valence-electron chi connectivity index (χ1n) is 2.55. The summed E-state index contributed by atoms with van der Waals surface area (Å²) >= 11 is 0. The zero-order valence-corrected chi connectivity index (χ0v) is 6.40. The summed E-state index contributed by atoms with van der Waals surface area (Å²) in [4.78, 5) is 0. The van der Waals surface area contributed by atoms with Gasteiger partial charge in [-0.25, -0.2) is 13.1 Å². The molecule has 3 nitrogen and oxygen atoms in total. The second kappa shape index (κ2) is 2.98. The first kappa shape index (κ1) is 8.65. The molecule has 0 aliphatic carbocycles. The van der Waals surface area contributed by atoms with Crippen LogP contribution in [0.15, 0.2) is 12.7 Å². The van der Waals surface area contributed by atoms with Crippen LogP contribution in [0.4, 0.5) is 0 Å². The fourth-order valence-corrected chi connectivity index (χ4v) is 1.16. The Bertz CT molecular complexity index is 183. The van der Waals surface area contributed by atoms with Gasteiger partial charge in [-0.2, -0.15) is 0 Å². The molecule has 9 heavy (non-hydrogen) atoms. The lowest BCUT2D eigenvalue weighted by Gasteiger charge is -2.04. The monoisotopic (exact) mass is 149 g/mol. The van der Waals surface area contributed by atoms with E-state index >= 15 is 0 Å². The van der Waals surface area contributed by atoms with Crippen molar-refractivity contribution in [3.63, 3.8) is 0 Å². The van der Waals surface area contributed by atoms with E-state index in [2.05, 4.69) is 11.3 Å². The first-order chi connectivity index (χ1) is 3.95. The second-order valence-corrected chi connectivity index (χ2v) is 3.69. The van der Waals surface area contributed by atoms with Crippen LogP contribution in [0.2, 0.25) is 0 Å². The lowest BCUT2D eigenvalue weighted by Crippen LogP contribution is -2.29. The highest BCUT2D eigenvalue weighted by molar-refractivity contribution is 7.88. The van der Waals surface area contributed by atoms with E-state index in [1.54, 1.807) is 6.92 Å². The quantitative estimate of drug-likeness (QED) is 0.579. The average molecular weight is 149 g/mol. The lowest BCUT2D eigenvalue weighted by molar-refractivity contribution is 0.582. The van der Waals surface area contributed by atoms with Crippen LogP contribution in [0, 0.1) is 0 Å². The van der Waals surface area contributed by atoms with Crippen molar-refractivity contribution in [3.8, 4) is 0 Å². The van der Waals surface area contributed by atoms with E-state index in [-0.39, 0.29) is 6.04 Å². The molecule has 0 fully saturated rings. The van der Waals surface area contributed by atoms with Crippen LogP contribution >= 0.6 is 0 Å². The van der Waals surface area contributed by atoms with Crippen molar-refractivity contribution >= 4 is 10.0 Å². The van der Waals surface area contributed by atoms with Crippen LogP contribution in [-0.2, 0) is 10.0 Å². The van der Waals surface area contributed by atoms with Gasteiger partial charge in [-0.05, 0) is 6.92 Å². The van der Waals surface area contributed by atoms with E-state index in [1.165, 1.54) is 6.08 Å². The highest BCUT2D eigenvalue weighted by Crippen LogP contribution is 1.83. The third-order valence-corrected chi connectivity index (χ3v) is 1.55. The molecule has 54 valence electrons. The molecule has 0 aromatic rings. The van der Waals surface area contributed by atoms with E-state index in [9.17, 15) is 8.42 Å². The maximum atomic E-state index is 10.4. The van der Waals surface area contributed by atoms with E-state index in [0.29, 0.717) is 0 Å². The Morgan fingerprint density at radius 2 is 2.11 bits per heavy atom. The van der Waals surface area contributed by atoms with Gasteiger partial charge in [0.25, 0.3) is 0 Å². The summed E-state index contributed by atoms with van der Waals surface area (Å²) < 4.78 is 23.2. The SMILES string of the molecule is C=CC(C)NS(C)(=O)=O. The molecule has 0 saturated heterocycles. The number of sulfonamides is 1. The predicted molar refractivity (Wildman–Crippen MR) is 37.6 cm³/mol. The summed E-state index contributed by atoms with van der Waals surface area (Å²) in [6.07, 6.45) is 2.65. The van der Waals surface area contributed by atoms with Gasteiger partial charge >= 0.3 is 0 Å². The first-order valence-corrected chi connectivity index (χ1v) is 4.44. The molecule has 0 spiro atoms. The third kappa shape index (κ3) is 5.52. The van der Waals surface area contributed by atoms with Gasteiger partial charge < -0.3 is 0 Å². The molecule has 4 heteroatoms. The Morgan fingerprint density at radius 3 is 2.22 bits per heavy atom. The number of hydrogen-bond donors (Lipinski definition) is 1. The Balaban J connectivity index is 3.89. The summed E-state index contributed by atoms with van der Waals surface area (Å²) in [7, 11) is -3.06. The van der Waals surface area contributed by atoms with Crippen LogP contribution in [0.3, 0.4) is 0 Å². The summed E-state index contributed by atoms with van der Waals surface area (Å²) in [6, 6.07) is -0.181. The third-order valence-electron chi connectivity index (χ3n) is 0.754. The van der Waals surface area contributed by atoms with E-state index in [4.69, 9.17) is 0 Å². The maximum absolute atomic E-state index is 10.4. The van der Waals surface area contributed by atoms with Crippen molar-refractivity contribution in [1.82, 2.24) is 4.72 Å². The van der Waals surface area contributed by atoms with Gasteiger partial charge in [0.05, 0.1) is 6.26 Å². The van der Waals surface area contributed by atoms with Crippen LogP contribution in [0.1, 0.15) is 6.92 Å². The lowest BCUT2D eigenvalue weighted by atomic mass is 10.4. The summed E-state index contributed by atoms with van der Waals surface area (Å²) in [5, 5.41) is 0. The van der Waals surface area contributed by atoms with Crippen LogP contribution < -0.4 is 4.72 Å². The highest BCUT2D eigenvalue weighted by atomic mass is 32.2. The second-order valence-electron chi connectivity index (χ2n) is 1.91. The summed E-state index contributed by atoms with van der Waals surface area (Å²) in [5.41, 5.74) is 0. The van der Waals surface area contributed by atoms with Gasteiger partial charge in [-0.1, -0.05) is 6.08 Å². The summed E-state index contributed by atoms with van der Waals surface area (Å²) in [6.45, 7) is 5.13. The fourth-order valence-electron chi connectivity index (χ4n) is 0.386. The molecule has 0 aromatic carbocycles. The molecule has 0 saturated carbocycles. The topological polar surface area (TPSA) is 46.2 Å². The largest absolute Gasteiger partial charge is 0.213 e. The minimum absolute atomic E-state index is 0.181. The van der Waals surface area contributed by atoms with Gasteiger partial charge in [0.1, 0.15) is 0 Å².